The van der Waals surface area contributed by atoms with Gasteiger partial charge >= 0.3 is 11.8 Å². The van der Waals surface area contributed by atoms with Crippen molar-refractivity contribution in [1.29, 1.82) is 0 Å². The first-order valence-corrected chi connectivity index (χ1v) is 5.77. The van der Waals surface area contributed by atoms with Crippen LogP contribution in [0.3, 0.4) is 0 Å². The van der Waals surface area contributed by atoms with Crippen molar-refractivity contribution in [3.05, 3.63) is 11.7 Å². The Kier molecular flexibility index (Phi) is 3.76. The maximum Gasteiger partial charge on any atom is 0.315 e. The summed E-state index contributed by atoms with van der Waals surface area (Å²) < 4.78 is 10.0. The minimum atomic E-state index is -0.922. The Balaban J connectivity index is 1.90. The topological polar surface area (TPSA) is 132 Å². The van der Waals surface area contributed by atoms with Gasteiger partial charge in [-0.1, -0.05) is 5.16 Å². The fourth-order valence-electron chi connectivity index (χ4n) is 1.64. The molecular formula is C10H15N5O4. The number of amides is 2. The van der Waals surface area contributed by atoms with Crippen molar-refractivity contribution in [2.45, 2.75) is 19.1 Å². The summed E-state index contributed by atoms with van der Waals surface area (Å²) in [5, 5.41) is 9.22. The quantitative estimate of drug-likeness (QED) is 0.585. The fraction of sp³-hybridized carbons (Fsp3) is 0.600. The minimum absolute atomic E-state index is 0.0363. The summed E-state index contributed by atoms with van der Waals surface area (Å²) in [6.07, 6.45) is 0. The van der Waals surface area contributed by atoms with Gasteiger partial charge in [-0.05, 0) is 6.92 Å². The number of nitrogens with one attached hydrogen (secondary N) is 2. The Morgan fingerprint density at radius 2 is 2.37 bits per heavy atom. The molecule has 1 atom stereocenters. The number of nitrogens with zero attached hydrogens (tertiary/aromatic N) is 2. The highest BCUT2D eigenvalue weighted by Crippen LogP contribution is 2.12. The lowest BCUT2D eigenvalue weighted by Gasteiger charge is -2.32. The normalized spacial score (nSPS) is 23.0. The number of aromatic nitrogens is 2. The number of nitrogens with two attached hydrogens (primary N) is 1. The van der Waals surface area contributed by atoms with Gasteiger partial charge in [-0.3, -0.25) is 9.59 Å². The number of hydrogen-bond donors (Lipinski definition) is 3. The number of ether oxygens (including phenoxy) is 1. The van der Waals surface area contributed by atoms with Crippen LogP contribution < -0.4 is 16.4 Å². The zero-order valence-electron chi connectivity index (χ0n) is 10.4. The number of hydrogen-bond acceptors (Lipinski definition) is 7. The molecule has 1 fully saturated rings. The predicted molar refractivity (Wildman–Crippen MR) is 61.9 cm³/mol. The molecule has 0 spiro atoms. The van der Waals surface area contributed by atoms with Gasteiger partial charge in [-0.2, -0.15) is 4.98 Å². The first kappa shape index (κ1) is 13.4. The van der Waals surface area contributed by atoms with Crippen LogP contribution >= 0.6 is 0 Å². The van der Waals surface area contributed by atoms with E-state index in [0.717, 1.165) is 6.54 Å². The predicted octanol–water partition coefficient (Wildman–Crippen LogP) is -1.84. The van der Waals surface area contributed by atoms with Crippen LogP contribution in [-0.4, -0.2) is 47.3 Å². The van der Waals surface area contributed by atoms with Gasteiger partial charge in [-0.25, -0.2) is 0 Å². The van der Waals surface area contributed by atoms with Crippen molar-refractivity contribution in [2.24, 2.45) is 5.73 Å². The molecule has 2 amide bonds. The molecule has 4 N–H and O–H groups in total. The summed E-state index contributed by atoms with van der Waals surface area (Å²) in [4.78, 5) is 26.5. The molecule has 0 radical (unpaired) electrons. The standard InChI is InChI=1S/C10H15N5O4/c1-10(5-12-2-3-18-10)9(17)13-4-6-14-8(7(11)16)19-15-6/h12H,2-5H2,1H3,(H2,11,16)(H,13,17)/t10-/m1/s1. The van der Waals surface area contributed by atoms with Gasteiger partial charge < -0.3 is 25.6 Å². The molecule has 9 heteroatoms. The van der Waals surface area contributed by atoms with Crippen LogP contribution in [0.2, 0.25) is 0 Å². The third-order valence-corrected chi connectivity index (χ3v) is 2.73. The molecule has 9 nitrogen and oxygen atoms in total. The Labute approximate surface area is 108 Å². The number of carbonyl (C=O) groups excluding carboxylic acids is 2. The van der Waals surface area contributed by atoms with E-state index in [1.54, 1.807) is 6.92 Å². The monoisotopic (exact) mass is 269 g/mol. The van der Waals surface area contributed by atoms with E-state index in [9.17, 15) is 9.59 Å². The second-order valence-corrected chi connectivity index (χ2v) is 4.32. The summed E-state index contributed by atoms with van der Waals surface area (Å²) in [5.41, 5.74) is 4.05. The average Bonchev–Trinajstić information content (AvgIpc) is 2.85. The fourth-order valence-corrected chi connectivity index (χ4v) is 1.64. The molecule has 19 heavy (non-hydrogen) atoms. The summed E-state index contributed by atoms with van der Waals surface area (Å²) in [5.74, 6) is -1.21. The third-order valence-electron chi connectivity index (χ3n) is 2.73. The molecule has 1 aromatic heterocycles. The van der Waals surface area contributed by atoms with Crippen molar-refractivity contribution < 1.29 is 18.8 Å². The van der Waals surface area contributed by atoms with Gasteiger partial charge in [-0.15, -0.1) is 0 Å². The largest absolute Gasteiger partial charge is 0.363 e. The van der Waals surface area contributed by atoms with Crippen molar-refractivity contribution in [3.63, 3.8) is 0 Å². The average molecular weight is 269 g/mol. The first-order chi connectivity index (χ1) is 9.01. The zero-order chi connectivity index (χ0) is 13.9. The molecule has 1 aliphatic rings. The van der Waals surface area contributed by atoms with Gasteiger partial charge in [0.05, 0.1) is 13.2 Å². The third kappa shape index (κ3) is 3.06. The van der Waals surface area contributed by atoms with Crippen molar-refractivity contribution >= 4 is 11.8 Å². The van der Waals surface area contributed by atoms with Gasteiger partial charge in [0.15, 0.2) is 11.4 Å². The highest BCUT2D eigenvalue weighted by atomic mass is 16.5. The molecule has 1 aromatic rings. The second-order valence-electron chi connectivity index (χ2n) is 4.32. The highest BCUT2D eigenvalue weighted by Gasteiger charge is 2.36. The SMILES string of the molecule is C[C@]1(C(=O)NCc2noc(C(N)=O)n2)CNCCO1. The molecular weight excluding hydrogens is 254 g/mol. The molecule has 1 saturated heterocycles. The van der Waals surface area contributed by atoms with Crippen LogP contribution in [0.5, 0.6) is 0 Å². The van der Waals surface area contributed by atoms with Crippen molar-refractivity contribution in [1.82, 2.24) is 20.8 Å². The number of carbonyl (C=O) groups is 2. The molecule has 0 aliphatic carbocycles. The summed E-state index contributed by atoms with van der Waals surface area (Å²) >= 11 is 0. The summed E-state index contributed by atoms with van der Waals surface area (Å²) in [6.45, 7) is 3.35. The number of primary amides is 1. The lowest BCUT2D eigenvalue weighted by Crippen LogP contribution is -2.56. The Morgan fingerprint density at radius 3 is 2.95 bits per heavy atom. The molecule has 104 valence electrons. The van der Waals surface area contributed by atoms with E-state index in [-0.39, 0.29) is 24.2 Å². The lowest BCUT2D eigenvalue weighted by molar-refractivity contribution is -0.148. The van der Waals surface area contributed by atoms with Crippen LogP contribution in [-0.2, 0) is 16.1 Å². The number of rotatable bonds is 4. The molecule has 0 bridgehead atoms. The Bertz CT molecular complexity index is 480. The van der Waals surface area contributed by atoms with E-state index in [1.807, 2.05) is 0 Å². The minimum Gasteiger partial charge on any atom is -0.363 e. The summed E-state index contributed by atoms with van der Waals surface area (Å²) in [7, 11) is 0. The van der Waals surface area contributed by atoms with Crippen molar-refractivity contribution in [3.8, 4) is 0 Å². The Hall–Kier alpha value is -2.00. The highest BCUT2D eigenvalue weighted by molar-refractivity contribution is 5.87. The van der Waals surface area contributed by atoms with Gasteiger partial charge in [0.25, 0.3) is 5.91 Å². The maximum absolute atomic E-state index is 12.0. The maximum atomic E-state index is 12.0. The van der Waals surface area contributed by atoms with Crippen LogP contribution in [0.25, 0.3) is 0 Å². The number of morpholine rings is 1. The molecule has 2 rings (SSSR count). The molecule has 2 heterocycles. The molecule has 0 saturated carbocycles. The van der Waals surface area contributed by atoms with E-state index in [0.29, 0.717) is 13.2 Å². The van der Waals surface area contributed by atoms with Crippen LogP contribution in [0.1, 0.15) is 23.4 Å². The van der Waals surface area contributed by atoms with Gasteiger partial charge in [0, 0.05) is 13.1 Å². The zero-order valence-corrected chi connectivity index (χ0v) is 10.4. The van der Waals surface area contributed by atoms with Crippen molar-refractivity contribution in [2.75, 3.05) is 19.7 Å². The molecule has 0 unspecified atom stereocenters. The lowest BCUT2D eigenvalue weighted by atomic mass is 10.0. The summed E-state index contributed by atoms with van der Waals surface area (Å²) in [6, 6.07) is 0. The first-order valence-electron chi connectivity index (χ1n) is 5.77. The molecule has 1 aliphatic heterocycles. The van der Waals surface area contributed by atoms with Crippen LogP contribution in [0.4, 0.5) is 0 Å². The molecule has 0 aromatic carbocycles. The van der Waals surface area contributed by atoms with E-state index in [4.69, 9.17) is 10.5 Å². The smallest absolute Gasteiger partial charge is 0.315 e. The Morgan fingerprint density at radius 1 is 1.58 bits per heavy atom. The van der Waals surface area contributed by atoms with Gasteiger partial charge in [0.1, 0.15) is 0 Å². The van der Waals surface area contributed by atoms with Crippen LogP contribution in [0.15, 0.2) is 4.52 Å². The second kappa shape index (κ2) is 5.33. The van der Waals surface area contributed by atoms with E-state index < -0.39 is 11.5 Å². The van der Waals surface area contributed by atoms with E-state index >= 15 is 0 Å². The van der Waals surface area contributed by atoms with Gasteiger partial charge in [0.2, 0.25) is 0 Å². The van der Waals surface area contributed by atoms with E-state index in [2.05, 4.69) is 25.3 Å². The van der Waals surface area contributed by atoms with E-state index in [1.165, 1.54) is 0 Å². The van der Waals surface area contributed by atoms with Crippen LogP contribution in [0, 0.1) is 0 Å².